The molecule has 28 heavy (non-hydrogen) atoms. The van der Waals surface area contributed by atoms with Crippen LogP contribution in [0, 0.1) is 0 Å². The normalized spacial score (nSPS) is 11.7. The summed E-state index contributed by atoms with van der Waals surface area (Å²) in [7, 11) is 1.35. The van der Waals surface area contributed by atoms with Crippen LogP contribution in [0.3, 0.4) is 0 Å². The molecule has 0 aliphatic rings. The van der Waals surface area contributed by atoms with Gasteiger partial charge in [0, 0.05) is 13.2 Å². The number of benzene rings is 2. The van der Waals surface area contributed by atoms with Gasteiger partial charge in [0.1, 0.15) is 0 Å². The Morgan fingerprint density at radius 1 is 1.14 bits per heavy atom. The quantitative estimate of drug-likeness (QED) is 0.453. The zero-order valence-corrected chi connectivity index (χ0v) is 16.7. The molecule has 0 saturated heterocycles. The largest absolute Gasteiger partial charge is 0.465 e. The molecule has 7 heteroatoms. The first-order valence-corrected chi connectivity index (χ1v) is 9.85. The molecule has 1 amide bonds. The van der Waals surface area contributed by atoms with Crippen LogP contribution in [-0.4, -0.2) is 36.8 Å². The third-order valence-electron chi connectivity index (χ3n) is 4.19. The van der Waals surface area contributed by atoms with Crippen molar-refractivity contribution in [3.05, 3.63) is 64.5 Å². The fourth-order valence-corrected chi connectivity index (χ4v) is 3.95. The number of hydrogen-bond acceptors (Lipinski definition) is 5. The second-order valence-corrected chi connectivity index (χ2v) is 7.08. The molecule has 3 aromatic rings. The average Bonchev–Trinajstić information content (AvgIpc) is 3.04. The van der Waals surface area contributed by atoms with E-state index in [9.17, 15) is 9.59 Å². The highest BCUT2D eigenvalue weighted by Crippen LogP contribution is 2.20. The van der Waals surface area contributed by atoms with Gasteiger partial charge in [-0.1, -0.05) is 41.7 Å². The molecule has 0 spiro atoms. The predicted octanol–water partition coefficient (Wildman–Crippen LogP) is 3.20. The van der Waals surface area contributed by atoms with E-state index in [1.807, 2.05) is 47.9 Å². The molecule has 2 aromatic carbocycles. The van der Waals surface area contributed by atoms with E-state index >= 15 is 0 Å². The number of thiazole rings is 1. The number of carbonyl (C=O) groups is 2. The molecule has 146 valence electrons. The molecule has 0 N–H and O–H groups in total. The number of fused-ring (bicyclic) bond motifs is 1. The Morgan fingerprint density at radius 2 is 1.93 bits per heavy atom. The van der Waals surface area contributed by atoms with Crippen LogP contribution < -0.4 is 4.80 Å². The molecule has 0 bridgehead atoms. The van der Waals surface area contributed by atoms with Crippen molar-refractivity contribution in [1.82, 2.24) is 4.57 Å². The maximum Gasteiger partial charge on any atom is 0.337 e. The number of carbonyl (C=O) groups excluding carboxylic acids is 2. The van der Waals surface area contributed by atoms with Gasteiger partial charge in [-0.15, -0.1) is 0 Å². The van der Waals surface area contributed by atoms with Crippen molar-refractivity contribution in [2.75, 3.05) is 20.3 Å². The molecule has 0 atom stereocenters. The summed E-state index contributed by atoms with van der Waals surface area (Å²) in [6.45, 7) is 3.65. The third kappa shape index (κ3) is 4.74. The molecule has 0 aliphatic carbocycles. The summed E-state index contributed by atoms with van der Waals surface area (Å²) in [5.74, 6) is -0.606. The average molecular weight is 398 g/mol. The van der Waals surface area contributed by atoms with E-state index in [1.165, 1.54) is 18.4 Å². The topological polar surface area (TPSA) is 69.9 Å². The van der Waals surface area contributed by atoms with Crippen LogP contribution >= 0.6 is 11.3 Å². The van der Waals surface area contributed by atoms with Gasteiger partial charge >= 0.3 is 5.97 Å². The highest BCUT2D eigenvalue weighted by molar-refractivity contribution is 7.16. The van der Waals surface area contributed by atoms with Crippen molar-refractivity contribution in [2.24, 2.45) is 4.99 Å². The lowest BCUT2D eigenvalue weighted by Crippen LogP contribution is -2.20. The summed E-state index contributed by atoms with van der Waals surface area (Å²) in [6.07, 6.45) is 0.244. The molecule has 0 aliphatic heterocycles. The highest BCUT2D eigenvalue weighted by atomic mass is 32.1. The van der Waals surface area contributed by atoms with E-state index in [-0.39, 0.29) is 12.3 Å². The Labute approximate surface area is 167 Å². The Morgan fingerprint density at radius 3 is 2.64 bits per heavy atom. The second-order valence-electron chi connectivity index (χ2n) is 6.08. The Bertz CT molecular complexity index is 1040. The van der Waals surface area contributed by atoms with E-state index < -0.39 is 5.97 Å². The summed E-state index contributed by atoms with van der Waals surface area (Å²) in [4.78, 5) is 29.2. The van der Waals surface area contributed by atoms with Crippen molar-refractivity contribution < 1.29 is 19.1 Å². The molecule has 0 unspecified atom stereocenters. The maximum absolute atomic E-state index is 12.5. The van der Waals surface area contributed by atoms with Gasteiger partial charge in [-0.2, -0.15) is 4.99 Å². The van der Waals surface area contributed by atoms with Crippen LogP contribution in [0.1, 0.15) is 22.8 Å². The molecule has 1 aromatic heterocycles. The van der Waals surface area contributed by atoms with Crippen LogP contribution in [0.5, 0.6) is 0 Å². The van der Waals surface area contributed by atoms with Crippen molar-refractivity contribution in [3.8, 4) is 0 Å². The summed E-state index contributed by atoms with van der Waals surface area (Å²) in [6, 6.07) is 14.9. The van der Waals surface area contributed by atoms with Gasteiger partial charge in [0.15, 0.2) is 4.80 Å². The molecular formula is C21H22N2O4S. The lowest BCUT2D eigenvalue weighted by atomic mass is 10.1. The predicted molar refractivity (Wildman–Crippen MR) is 108 cm³/mol. The van der Waals surface area contributed by atoms with Gasteiger partial charge in [0.05, 0.1) is 35.9 Å². The van der Waals surface area contributed by atoms with Gasteiger partial charge in [0.2, 0.25) is 0 Å². The number of hydrogen-bond donors (Lipinski definition) is 0. The van der Waals surface area contributed by atoms with Crippen LogP contribution in [0.15, 0.2) is 53.5 Å². The zero-order chi connectivity index (χ0) is 19.9. The molecule has 6 nitrogen and oxygen atoms in total. The van der Waals surface area contributed by atoms with Crippen LogP contribution in [-0.2, 0) is 27.2 Å². The maximum atomic E-state index is 12.5. The standard InChI is InChI=1S/C21H22N2O4S/c1-3-27-12-11-23-17-10-9-16(20(25)26-2)14-18(17)28-21(23)22-19(24)13-15-7-5-4-6-8-15/h4-10,14H,3,11-13H2,1-2H3. The zero-order valence-electron chi connectivity index (χ0n) is 15.9. The second kappa shape index (κ2) is 9.43. The van der Waals surface area contributed by atoms with E-state index in [4.69, 9.17) is 9.47 Å². The van der Waals surface area contributed by atoms with Crippen LogP contribution in [0.25, 0.3) is 10.2 Å². The lowest BCUT2D eigenvalue weighted by molar-refractivity contribution is -0.117. The number of esters is 1. The Balaban J connectivity index is 1.99. The third-order valence-corrected chi connectivity index (χ3v) is 5.23. The Hall–Kier alpha value is -2.77. The molecule has 3 rings (SSSR count). The summed E-state index contributed by atoms with van der Waals surface area (Å²) < 4.78 is 13.1. The van der Waals surface area contributed by atoms with E-state index in [1.54, 1.807) is 12.1 Å². The number of aromatic nitrogens is 1. The van der Waals surface area contributed by atoms with Crippen LogP contribution in [0.2, 0.25) is 0 Å². The fraction of sp³-hybridized carbons (Fsp3) is 0.286. The summed E-state index contributed by atoms with van der Waals surface area (Å²) in [5.41, 5.74) is 2.30. The van der Waals surface area contributed by atoms with Crippen LogP contribution in [0.4, 0.5) is 0 Å². The first-order valence-electron chi connectivity index (χ1n) is 9.03. The van der Waals surface area contributed by atoms with E-state index in [0.29, 0.717) is 30.1 Å². The number of methoxy groups -OCH3 is 1. The Kier molecular flexibility index (Phi) is 6.73. The molecule has 0 saturated carbocycles. The minimum absolute atomic E-state index is 0.212. The van der Waals surface area contributed by atoms with E-state index in [2.05, 4.69) is 4.99 Å². The minimum atomic E-state index is -0.394. The van der Waals surface area contributed by atoms with Crippen molar-refractivity contribution >= 4 is 33.4 Å². The highest BCUT2D eigenvalue weighted by Gasteiger charge is 2.12. The summed E-state index contributed by atoms with van der Waals surface area (Å²) in [5, 5.41) is 0. The smallest absolute Gasteiger partial charge is 0.337 e. The van der Waals surface area contributed by atoms with Crippen molar-refractivity contribution in [2.45, 2.75) is 19.9 Å². The van der Waals surface area contributed by atoms with Gasteiger partial charge in [-0.05, 0) is 30.7 Å². The first kappa shape index (κ1) is 20.0. The molecule has 0 radical (unpaired) electrons. The lowest BCUT2D eigenvalue weighted by Gasteiger charge is -2.06. The number of nitrogens with zero attached hydrogens (tertiary/aromatic N) is 2. The SMILES string of the molecule is CCOCCn1c(=NC(=O)Cc2ccccc2)sc2cc(C(=O)OC)ccc21. The minimum Gasteiger partial charge on any atom is -0.465 e. The van der Waals surface area contributed by atoms with Crippen molar-refractivity contribution in [3.63, 3.8) is 0 Å². The summed E-state index contributed by atoms with van der Waals surface area (Å²) >= 11 is 1.38. The number of ether oxygens (including phenoxy) is 2. The van der Waals surface area contributed by atoms with Gasteiger partial charge < -0.3 is 14.0 Å². The molecule has 0 fully saturated rings. The monoisotopic (exact) mass is 398 g/mol. The molecule has 1 heterocycles. The number of amides is 1. The first-order chi connectivity index (χ1) is 13.6. The van der Waals surface area contributed by atoms with E-state index in [0.717, 1.165) is 15.8 Å². The van der Waals surface area contributed by atoms with Crippen molar-refractivity contribution in [1.29, 1.82) is 0 Å². The fourth-order valence-electron chi connectivity index (χ4n) is 2.84. The number of rotatable bonds is 7. The molecular weight excluding hydrogens is 376 g/mol. The van der Waals surface area contributed by atoms with Gasteiger partial charge in [0.25, 0.3) is 5.91 Å². The van der Waals surface area contributed by atoms with Gasteiger partial charge in [-0.3, -0.25) is 4.79 Å². The van der Waals surface area contributed by atoms with Gasteiger partial charge in [-0.25, -0.2) is 4.79 Å².